The number of aryl methyl sites for hydroxylation is 1. The normalized spacial score (nSPS) is 12.7. The number of carboxylic acid groups (broad SMARTS) is 1. The number of aliphatic carboxylic acids is 1. The topological polar surface area (TPSA) is 37.3 Å². The van der Waals surface area contributed by atoms with Gasteiger partial charge in [-0.2, -0.15) is 0 Å². The van der Waals surface area contributed by atoms with Crippen LogP contribution in [0.3, 0.4) is 0 Å². The largest absolute Gasteiger partial charge is 0.481 e. The number of carboxylic acids is 1. The van der Waals surface area contributed by atoms with Crippen LogP contribution in [0.2, 0.25) is 0 Å². The van der Waals surface area contributed by atoms with E-state index in [1.165, 1.54) is 5.56 Å². The molecule has 15 heavy (non-hydrogen) atoms. The maximum atomic E-state index is 11.0. The molecule has 0 saturated heterocycles. The van der Waals surface area contributed by atoms with Crippen LogP contribution in [0, 0.1) is 11.8 Å². The van der Waals surface area contributed by atoms with E-state index in [0.29, 0.717) is 0 Å². The molecule has 0 aliphatic rings. The predicted octanol–water partition coefficient (Wildman–Crippen LogP) is 2.98. The van der Waals surface area contributed by atoms with Crippen LogP contribution in [0.4, 0.5) is 0 Å². The average Bonchev–Trinajstić information content (AvgIpc) is 2.18. The van der Waals surface area contributed by atoms with Gasteiger partial charge in [0.15, 0.2) is 0 Å². The number of rotatable bonds is 5. The fourth-order valence-electron chi connectivity index (χ4n) is 1.71. The highest BCUT2D eigenvalue weighted by Crippen LogP contribution is 2.18. The first-order valence-electron chi connectivity index (χ1n) is 5.38. The maximum Gasteiger partial charge on any atom is 0.306 e. The minimum Gasteiger partial charge on any atom is -0.481 e. The molecule has 0 amide bonds. The van der Waals surface area contributed by atoms with Crippen molar-refractivity contribution in [1.29, 1.82) is 0 Å². The molecule has 0 aliphatic heterocycles. The van der Waals surface area contributed by atoms with Gasteiger partial charge in [0.1, 0.15) is 0 Å². The third-order valence-electron chi connectivity index (χ3n) is 2.71. The second-order valence-electron chi connectivity index (χ2n) is 4.21. The molecule has 0 aliphatic carbocycles. The van der Waals surface area contributed by atoms with E-state index in [4.69, 9.17) is 5.11 Å². The van der Waals surface area contributed by atoms with E-state index < -0.39 is 5.97 Å². The van der Waals surface area contributed by atoms with Crippen LogP contribution >= 0.6 is 0 Å². The number of benzene rings is 1. The van der Waals surface area contributed by atoms with Gasteiger partial charge in [-0.15, -0.1) is 0 Å². The molecule has 82 valence electrons. The fourth-order valence-corrected chi connectivity index (χ4v) is 1.71. The van der Waals surface area contributed by atoms with Crippen LogP contribution in [0.5, 0.6) is 0 Å². The summed E-state index contributed by atoms with van der Waals surface area (Å²) in [5, 5.41) is 9.02. The molecule has 0 bridgehead atoms. The summed E-state index contributed by atoms with van der Waals surface area (Å²) in [5.74, 6) is -0.711. The number of carbonyl (C=O) groups is 1. The van der Waals surface area contributed by atoms with Crippen molar-refractivity contribution in [2.75, 3.05) is 0 Å². The van der Waals surface area contributed by atoms with E-state index in [1.807, 2.05) is 44.2 Å². The Labute approximate surface area is 90.9 Å². The van der Waals surface area contributed by atoms with Crippen molar-refractivity contribution >= 4 is 5.97 Å². The molecule has 0 heterocycles. The molecule has 1 unspecified atom stereocenters. The first-order valence-corrected chi connectivity index (χ1v) is 5.38. The van der Waals surface area contributed by atoms with E-state index in [-0.39, 0.29) is 11.8 Å². The third kappa shape index (κ3) is 3.74. The molecule has 0 aromatic heterocycles. The van der Waals surface area contributed by atoms with Gasteiger partial charge in [0.05, 0.1) is 5.92 Å². The molecule has 1 rings (SSSR count). The highest BCUT2D eigenvalue weighted by atomic mass is 16.4. The first kappa shape index (κ1) is 11.8. The summed E-state index contributed by atoms with van der Waals surface area (Å²) in [6.45, 7) is 3.92. The second kappa shape index (κ2) is 5.54. The molecule has 1 atom stereocenters. The molecule has 1 aromatic carbocycles. The molecule has 0 saturated carbocycles. The van der Waals surface area contributed by atoms with Gasteiger partial charge in [-0.3, -0.25) is 4.79 Å². The molecule has 0 fully saturated rings. The monoisotopic (exact) mass is 206 g/mol. The summed E-state index contributed by atoms with van der Waals surface area (Å²) in [6, 6.07) is 10.0. The standard InChI is InChI=1S/C13H18O2/c1-10(2)12(13(14)15)9-8-11-6-4-3-5-7-11/h3-7,10,12H,8-9H2,1-2H3,(H,14,15). The van der Waals surface area contributed by atoms with Crippen LogP contribution < -0.4 is 0 Å². The summed E-state index contributed by atoms with van der Waals surface area (Å²) >= 11 is 0. The van der Waals surface area contributed by atoms with Crippen LogP contribution in [0.25, 0.3) is 0 Å². The summed E-state index contributed by atoms with van der Waals surface area (Å²) in [4.78, 5) is 11.0. The Kier molecular flexibility index (Phi) is 4.35. The van der Waals surface area contributed by atoms with Crippen LogP contribution in [0.15, 0.2) is 30.3 Å². The lowest BCUT2D eigenvalue weighted by Crippen LogP contribution is -2.20. The molecular formula is C13H18O2. The van der Waals surface area contributed by atoms with Crippen molar-refractivity contribution in [3.05, 3.63) is 35.9 Å². The van der Waals surface area contributed by atoms with Gasteiger partial charge in [-0.25, -0.2) is 0 Å². The quantitative estimate of drug-likeness (QED) is 0.804. The Balaban J connectivity index is 2.51. The molecule has 0 spiro atoms. The summed E-state index contributed by atoms with van der Waals surface area (Å²) in [5.41, 5.74) is 1.21. The van der Waals surface area contributed by atoms with Crippen LogP contribution in [-0.4, -0.2) is 11.1 Å². The van der Waals surface area contributed by atoms with Crippen LogP contribution in [-0.2, 0) is 11.2 Å². The van der Waals surface area contributed by atoms with Gasteiger partial charge in [0, 0.05) is 0 Å². The average molecular weight is 206 g/mol. The van der Waals surface area contributed by atoms with Crippen molar-refractivity contribution in [3.63, 3.8) is 0 Å². The highest BCUT2D eigenvalue weighted by molar-refractivity contribution is 5.70. The lowest BCUT2D eigenvalue weighted by Gasteiger charge is -2.15. The van der Waals surface area contributed by atoms with Crippen molar-refractivity contribution in [1.82, 2.24) is 0 Å². The third-order valence-corrected chi connectivity index (χ3v) is 2.71. The molecule has 1 aromatic rings. The van der Waals surface area contributed by atoms with E-state index in [9.17, 15) is 4.79 Å². The smallest absolute Gasteiger partial charge is 0.306 e. The summed E-state index contributed by atoms with van der Waals surface area (Å²) in [7, 11) is 0. The molecule has 2 nitrogen and oxygen atoms in total. The molecule has 2 heteroatoms. The Morgan fingerprint density at radius 3 is 2.33 bits per heavy atom. The van der Waals surface area contributed by atoms with Crippen molar-refractivity contribution in [2.45, 2.75) is 26.7 Å². The minimum absolute atomic E-state index is 0.200. The number of hydrogen-bond acceptors (Lipinski definition) is 1. The van der Waals surface area contributed by atoms with Crippen molar-refractivity contribution in [2.24, 2.45) is 11.8 Å². The molecule has 0 radical (unpaired) electrons. The van der Waals surface area contributed by atoms with Gasteiger partial charge < -0.3 is 5.11 Å². The van der Waals surface area contributed by atoms with E-state index in [0.717, 1.165) is 12.8 Å². The minimum atomic E-state index is -0.680. The van der Waals surface area contributed by atoms with Crippen molar-refractivity contribution < 1.29 is 9.90 Å². The maximum absolute atomic E-state index is 11.0. The Morgan fingerprint density at radius 1 is 1.27 bits per heavy atom. The Morgan fingerprint density at radius 2 is 1.87 bits per heavy atom. The molecule has 1 N–H and O–H groups in total. The first-order chi connectivity index (χ1) is 7.11. The lowest BCUT2D eigenvalue weighted by molar-refractivity contribution is -0.143. The van der Waals surface area contributed by atoms with E-state index >= 15 is 0 Å². The Hall–Kier alpha value is -1.31. The van der Waals surface area contributed by atoms with Crippen LogP contribution in [0.1, 0.15) is 25.8 Å². The zero-order chi connectivity index (χ0) is 11.3. The SMILES string of the molecule is CC(C)C(CCc1ccccc1)C(=O)O. The zero-order valence-electron chi connectivity index (χ0n) is 9.31. The summed E-state index contributed by atoms with van der Waals surface area (Å²) < 4.78 is 0. The lowest BCUT2D eigenvalue weighted by atomic mass is 9.90. The predicted molar refractivity (Wildman–Crippen MR) is 60.7 cm³/mol. The van der Waals surface area contributed by atoms with E-state index in [1.54, 1.807) is 0 Å². The summed E-state index contributed by atoms with van der Waals surface area (Å²) in [6.07, 6.45) is 1.56. The Bertz CT molecular complexity index is 304. The second-order valence-corrected chi connectivity index (χ2v) is 4.21. The zero-order valence-corrected chi connectivity index (χ0v) is 9.31. The van der Waals surface area contributed by atoms with Gasteiger partial charge in [0.2, 0.25) is 0 Å². The van der Waals surface area contributed by atoms with E-state index in [2.05, 4.69) is 0 Å². The van der Waals surface area contributed by atoms with Crippen molar-refractivity contribution in [3.8, 4) is 0 Å². The van der Waals surface area contributed by atoms with Gasteiger partial charge in [-0.1, -0.05) is 44.2 Å². The van der Waals surface area contributed by atoms with Gasteiger partial charge in [0.25, 0.3) is 0 Å². The molecular weight excluding hydrogens is 188 g/mol. The van der Waals surface area contributed by atoms with Gasteiger partial charge >= 0.3 is 5.97 Å². The van der Waals surface area contributed by atoms with Gasteiger partial charge in [-0.05, 0) is 24.3 Å². The fraction of sp³-hybridized carbons (Fsp3) is 0.462. The highest BCUT2D eigenvalue weighted by Gasteiger charge is 2.20. The number of hydrogen-bond donors (Lipinski definition) is 1.